The van der Waals surface area contributed by atoms with Crippen molar-refractivity contribution in [1.29, 1.82) is 0 Å². The first-order chi connectivity index (χ1) is 9.55. The van der Waals surface area contributed by atoms with Crippen LogP contribution in [0.15, 0.2) is 0 Å². The molecule has 0 saturated heterocycles. The van der Waals surface area contributed by atoms with Crippen LogP contribution < -0.4 is 10.6 Å². The van der Waals surface area contributed by atoms with Crippen LogP contribution in [-0.2, 0) is 4.74 Å². The molecule has 0 saturated carbocycles. The Hall–Kier alpha value is -0.810. The summed E-state index contributed by atoms with van der Waals surface area (Å²) in [6.07, 6.45) is 0.710. The van der Waals surface area contributed by atoms with E-state index in [-0.39, 0.29) is 11.6 Å². The predicted molar refractivity (Wildman–Crippen MR) is 88.7 cm³/mol. The molecule has 0 unspecified atom stereocenters. The summed E-state index contributed by atoms with van der Waals surface area (Å²) in [6, 6.07) is 0. The molecule has 5 nitrogen and oxygen atoms in total. The Kier molecular flexibility index (Phi) is 8.90. The van der Waals surface area contributed by atoms with Crippen LogP contribution in [0.3, 0.4) is 0 Å². The lowest BCUT2D eigenvalue weighted by atomic mass is 10.1. The maximum atomic E-state index is 11.9. The molecule has 0 aliphatic carbocycles. The van der Waals surface area contributed by atoms with Gasteiger partial charge in [0.2, 0.25) is 0 Å². The third-order valence-corrected chi connectivity index (χ3v) is 2.77. The van der Waals surface area contributed by atoms with Crippen molar-refractivity contribution in [3.05, 3.63) is 0 Å². The van der Waals surface area contributed by atoms with Gasteiger partial charge in [-0.05, 0) is 61.4 Å². The molecule has 126 valence electrons. The molecular weight excluding hydrogens is 266 g/mol. The summed E-state index contributed by atoms with van der Waals surface area (Å²) in [5.74, 6) is 0. The number of nitrogens with one attached hydrogen (secondary N) is 2. The SMILES string of the molecule is CCN(CCCNCCNC(C)(C)C)C(=O)OC(C)(C)C. The smallest absolute Gasteiger partial charge is 0.410 e. The molecule has 2 N–H and O–H groups in total. The van der Waals surface area contributed by atoms with E-state index in [0.717, 1.165) is 32.6 Å². The molecule has 0 bridgehead atoms. The van der Waals surface area contributed by atoms with Crippen LogP contribution in [0.1, 0.15) is 54.9 Å². The maximum Gasteiger partial charge on any atom is 0.410 e. The first kappa shape index (κ1) is 20.2. The number of nitrogens with zero attached hydrogens (tertiary/aromatic N) is 1. The first-order valence-electron chi connectivity index (χ1n) is 7.99. The lowest BCUT2D eigenvalue weighted by Gasteiger charge is -2.26. The molecular formula is C16H35N3O2. The Balaban J connectivity index is 3.76. The van der Waals surface area contributed by atoms with Crippen LogP contribution in [0.25, 0.3) is 0 Å². The van der Waals surface area contributed by atoms with E-state index in [1.54, 1.807) is 4.90 Å². The molecule has 0 aromatic heterocycles. The van der Waals surface area contributed by atoms with E-state index in [2.05, 4.69) is 31.4 Å². The van der Waals surface area contributed by atoms with Gasteiger partial charge in [0, 0.05) is 31.7 Å². The van der Waals surface area contributed by atoms with Crippen LogP contribution >= 0.6 is 0 Å². The van der Waals surface area contributed by atoms with Crippen molar-refractivity contribution < 1.29 is 9.53 Å². The Labute approximate surface area is 130 Å². The number of hydrogen-bond donors (Lipinski definition) is 2. The van der Waals surface area contributed by atoms with E-state index in [1.807, 2.05) is 27.7 Å². The van der Waals surface area contributed by atoms with Gasteiger partial charge < -0.3 is 20.3 Å². The van der Waals surface area contributed by atoms with Gasteiger partial charge in [0.1, 0.15) is 5.60 Å². The molecule has 5 heteroatoms. The standard InChI is InChI=1S/C16H35N3O2/c1-8-19(14(20)21-16(5,6)7)13-9-10-17-11-12-18-15(2,3)4/h17-18H,8-13H2,1-7H3. The fraction of sp³-hybridized carbons (Fsp3) is 0.938. The summed E-state index contributed by atoms with van der Waals surface area (Å²) in [5, 5.41) is 6.81. The first-order valence-corrected chi connectivity index (χ1v) is 7.99. The molecule has 21 heavy (non-hydrogen) atoms. The number of amides is 1. The topological polar surface area (TPSA) is 53.6 Å². The van der Waals surface area contributed by atoms with Crippen molar-refractivity contribution in [3.8, 4) is 0 Å². The Morgan fingerprint density at radius 1 is 1.05 bits per heavy atom. The largest absolute Gasteiger partial charge is 0.444 e. The molecule has 1 amide bonds. The van der Waals surface area contributed by atoms with Crippen LogP contribution in [0, 0.1) is 0 Å². The third-order valence-electron chi connectivity index (χ3n) is 2.77. The summed E-state index contributed by atoms with van der Waals surface area (Å²) in [7, 11) is 0. The van der Waals surface area contributed by atoms with Crippen molar-refractivity contribution >= 4 is 6.09 Å². The molecule has 0 atom stereocenters. The van der Waals surface area contributed by atoms with E-state index < -0.39 is 5.60 Å². The highest BCUT2D eigenvalue weighted by molar-refractivity contribution is 5.68. The van der Waals surface area contributed by atoms with Crippen molar-refractivity contribution in [1.82, 2.24) is 15.5 Å². The molecule has 0 radical (unpaired) electrons. The van der Waals surface area contributed by atoms with Gasteiger partial charge in [0.25, 0.3) is 0 Å². The van der Waals surface area contributed by atoms with Gasteiger partial charge in [-0.25, -0.2) is 4.79 Å². The molecule has 0 aromatic rings. The van der Waals surface area contributed by atoms with Gasteiger partial charge in [0.15, 0.2) is 0 Å². The Bertz CT molecular complexity index is 293. The van der Waals surface area contributed by atoms with E-state index in [9.17, 15) is 4.79 Å². The second kappa shape index (κ2) is 9.26. The Morgan fingerprint density at radius 3 is 2.14 bits per heavy atom. The molecule has 0 spiro atoms. The minimum atomic E-state index is -0.429. The minimum Gasteiger partial charge on any atom is -0.444 e. The van der Waals surface area contributed by atoms with Gasteiger partial charge in [-0.3, -0.25) is 0 Å². The van der Waals surface area contributed by atoms with E-state index in [0.29, 0.717) is 6.54 Å². The highest BCUT2D eigenvalue weighted by Crippen LogP contribution is 2.09. The summed E-state index contributed by atoms with van der Waals surface area (Å²) in [6.45, 7) is 18.3. The average Bonchev–Trinajstić information content (AvgIpc) is 2.29. The number of carbonyl (C=O) groups excluding carboxylic acids is 1. The summed E-state index contributed by atoms with van der Waals surface area (Å²) >= 11 is 0. The van der Waals surface area contributed by atoms with Crippen molar-refractivity contribution in [2.75, 3.05) is 32.7 Å². The molecule has 0 aliphatic heterocycles. The van der Waals surface area contributed by atoms with Gasteiger partial charge in [-0.2, -0.15) is 0 Å². The zero-order valence-corrected chi connectivity index (χ0v) is 15.0. The Morgan fingerprint density at radius 2 is 1.67 bits per heavy atom. The lowest BCUT2D eigenvalue weighted by molar-refractivity contribution is 0.0258. The van der Waals surface area contributed by atoms with Gasteiger partial charge >= 0.3 is 6.09 Å². The quantitative estimate of drug-likeness (QED) is 0.677. The van der Waals surface area contributed by atoms with Crippen molar-refractivity contribution in [3.63, 3.8) is 0 Å². The number of carbonyl (C=O) groups is 1. The van der Waals surface area contributed by atoms with E-state index in [4.69, 9.17) is 4.74 Å². The van der Waals surface area contributed by atoms with Crippen LogP contribution in [0.2, 0.25) is 0 Å². The zero-order chi connectivity index (χ0) is 16.5. The molecule has 0 aliphatic rings. The second-order valence-electron chi connectivity index (χ2n) is 7.34. The highest BCUT2D eigenvalue weighted by atomic mass is 16.6. The van der Waals surface area contributed by atoms with Gasteiger partial charge in [0.05, 0.1) is 0 Å². The maximum absolute atomic E-state index is 11.9. The molecule has 0 aromatic carbocycles. The normalized spacial score (nSPS) is 12.3. The van der Waals surface area contributed by atoms with E-state index >= 15 is 0 Å². The number of ether oxygens (including phenoxy) is 1. The lowest BCUT2D eigenvalue weighted by Crippen LogP contribution is -2.41. The van der Waals surface area contributed by atoms with Gasteiger partial charge in [-0.15, -0.1) is 0 Å². The number of rotatable bonds is 8. The predicted octanol–water partition coefficient (Wildman–Crippen LogP) is 2.61. The summed E-state index contributed by atoms with van der Waals surface area (Å²) < 4.78 is 5.38. The molecule has 0 fully saturated rings. The second-order valence-corrected chi connectivity index (χ2v) is 7.34. The van der Waals surface area contributed by atoms with Crippen LogP contribution in [0.5, 0.6) is 0 Å². The zero-order valence-electron chi connectivity index (χ0n) is 15.0. The van der Waals surface area contributed by atoms with E-state index in [1.165, 1.54) is 0 Å². The van der Waals surface area contributed by atoms with Crippen molar-refractivity contribution in [2.24, 2.45) is 0 Å². The molecule has 0 rings (SSSR count). The highest BCUT2D eigenvalue weighted by Gasteiger charge is 2.20. The third kappa shape index (κ3) is 12.6. The van der Waals surface area contributed by atoms with Gasteiger partial charge in [-0.1, -0.05) is 0 Å². The average molecular weight is 301 g/mol. The van der Waals surface area contributed by atoms with Crippen molar-refractivity contribution in [2.45, 2.75) is 66.0 Å². The summed E-state index contributed by atoms with van der Waals surface area (Å²) in [5.41, 5.74) is -0.265. The monoisotopic (exact) mass is 301 g/mol. The fourth-order valence-corrected chi connectivity index (χ4v) is 1.75. The van der Waals surface area contributed by atoms with Crippen LogP contribution in [-0.4, -0.2) is 54.9 Å². The molecule has 0 heterocycles. The fourth-order valence-electron chi connectivity index (χ4n) is 1.75. The van der Waals surface area contributed by atoms with Crippen LogP contribution in [0.4, 0.5) is 4.79 Å². The minimum absolute atomic E-state index is 0.164. The number of hydrogen-bond acceptors (Lipinski definition) is 4. The summed E-state index contributed by atoms with van der Waals surface area (Å²) in [4.78, 5) is 13.7.